The Morgan fingerprint density at radius 1 is 0.362 bits per heavy atom. The second-order valence-corrected chi connectivity index (χ2v) is 12.4. The molecule has 1 aromatic heterocycles. The molecule has 0 aliphatic carbocycles. The number of hydrogen-bond acceptors (Lipinski definition) is 1. The summed E-state index contributed by atoms with van der Waals surface area (Å²) in [5, 5.41) is 12.5. The zero-order valence-corrected chi connectivity index (χ0v) is 25.6. The van der Waals surface area contributed by atoms with Gasteiger partial charge in [-0.1, -0.05) is 127 Å². The van der Waals surface area contributed by atoms with Crippen LogP contribution in [0.5, 0.6) is 0 Å². The predicted molar refractivity (Wildman–Crippen MR) is 199 cm³/mol. The molecule has 9 aromatic carbocycles. The van der Waals surface area contributed by atoms with Crippen LogP contribution < -0.4 is 0 Å². The maximum Gasteiger partial charge on any atom is 0.146 e. The zero-order valence-electron chi connectivity index (χ0n) is 25.6. The number of rotatable bonds is 3. The minimum absolute atomic E-state index is 0.952. The fraction of sp³-hybridized carbons (Fsp3) is 0. The summed E-state index contributed by atoms with van der Waals surface area (Å²) in [6, 6.07) is 61.5. The lowest BCUT2D eigenvalue weighted by Gasteiger charge is -2.19. The second kappa shape index (κ2) is 10.1. The highest BCUT2D eigenvalue weighted by Crippen LogP contribution is 2.45. The van der Waals surface area contributed by atoms with Gasteiger partial charge < -0.3 is 0 Å². The lowest BCUT2D eigenvalue weighted by molar-refractivity contribution is 1.11. The normalized spacial score (nSPS) is 11.8. The molecule has 0 fully saturated rings. The van der Waals surface area contributed by atoms with Crippen molar-refractivity contribution in [1.82, 2.24) is 9.55 Å². The summed E-state index contributed by atoms with van der Waals surface area (Å²) in [7, 11) is 0. The summed E-state index contributed by atoms with van der Waals surface area (Å²) < 4.78 is 2.31. The van der Waals surface area contributed by atoms with Crippen LogP contribution in [0.2, 0.25) is 0 Å². The molecule has 47 heavy (non-hydrogen) atoms. The maximum atomic E-state index is 5.32. The number of para-hydroxylation sites is 3. The van der Waals surface area contributed by atoms with Gasteiger partial charge in [0.15, 0.2) is 0 Å². The molecule has 0 amide bonds. The Bertz CT molecular complexity index is 2790. The molecule has 10 rings (SSSR count). The van der Waals surface area contributed by atoms with E-state index >= 15 is 0 Å². The number of benzene rings is 9. The summed E-state index contributed by atoms with van der Waals surface area (Å²) in [6.45, 7) is 0. The van der Waals surface area contributed by atoms with Crippen LogP contribution in [0.1, 0.15) is 0 Å². The van der Waals surface area contributed by atoms with Crippen molar-refractivity contribution in [3.05, 3.63) is 170 Å². The van der Waals surface area contributed by atoms with Crippen molar-refractivity contribution in [2.45, 2.75) is 0 Å². The molecule has 0 bridgehead atoms. The van der Waals surface area contributed by atoms with Gasteiger partial charge in [0, 0.05) is 11.3 Å². The lowest BCUT2D eigenvalue weighted by Crippen LogP contribution is -1.99. The van der Waals surface area contributed by atoms with Gasteiger partial charge in [0.2, 0.25) is 0 Å². The van der Waals surface area contributed by atoms with Crippen molar-refractivity contribution in [2.75, 3.05) is 0 Å². The largest absolute Gasteiger partial charge is 0.292 e. The average Bonchev–Trinajstić information content (AvgIpc) is 3.52. The van der Waals surface area contributed by atoms with Gasteiger partial charge in [0.05, 0.1) is 11.0 Å². The smallest absolute Gasteiger partial charge is 0.146 e. The van der Waals surface area contributed by atoms with Crippen LogP contribution in [-0.4, -0.2) is 9.55 Å². The molecule has 0 unspecified atom stereocenters. The molecule has 0 saturated carbocycles. The molecular formula is C45H28N2. The van der Waals surface area contributed by atoms with Gasteiger partial charge in [-0.05, 0) is 107 Å². The van der Waals surface area contributed by atoms with Crippen molar-refractivity contribution in [1.29, 1.82) is 0 Å². The summed E-state index contributed by atoms with van der Waals surface area (Å²) in [5.74, 6) is 0.952. The first-order valence-electron chi connectivity index (χ1n) is 16.1. The van der Waals surface area contributed by atoms with Gasteiger partial charge in [-0.25, -0.2) is 4.98 Å². The molecule has 0 spiro atoms. The first-order chi connectivity index (χ1) is 23.3. The standard InChI is InChI=1S/C45H28N2/c1-2-14-34(15-3-1)47-42-21-11-10-20-41(42)46-45(47)44-38-18-8-6-16-36(38)43(37-17-7-9-19-39(37)44)33-24-25-35-31(27-33)22-23-32-26-29-12-4-5-13-30(29)28-40(32)35/h1-28H. The van der Waals surface area contributed by atoms with Crippen LogP contribution >= 0.6 is 0 Å². The van der Waals surface area contributed by atoms with Gasteiger partial charge >= 0.3 is 0 Å². The molecular weight excluding hydrogens is 569 g/mol. The van der Waals surface area contributed by atoms with Crippen molar-refractivity contribution < 1.29 is 0 Å². The molecule has 0 aliphatic heterocycles. The van der Waals surface area contributed by atoms with E-state index in [0.29, 0.717) is 0 Å². The van der Waals surface area contributed by atoms with E-state index in [1.54, 1.807) is 0 Å². The third kappa shape index (κ3) is 3.95. The number of hydrogen-bond donors (Lipinski definition) is 0. The van der Waals surface area contributed by atoms with E-state index in [4.69, 9.17) is 4.98 Å². The minimum Gasteiger partial charge on any atom is -0.292 e. The van der Waals surface area contributed by atoms with Crippen molar-refractivity contribution >= 4 is 64.9 Å². The molecule has 2 nitrogen and oxygen atoms in total. The van der Waals surface area contributed by atoms with Crippen LogP contribution in [0.25, 0.3) is 93.1 Å². The molecule has 1 heterocycles. The van der Waals surface area contributed by atoms with Crippen molar-refractivity contribution in [3.63, 3.8) is 0 Å². The summed E-state index contributed by atoms with van der Waals surface area (Å²) >= 11 is 0. The molecule has 0 N–H and O–H groups in total. The van der Waals surface area contributed by atoms with Crippen LogP contribution in [0.15, 0.2) is 170 Å². The van der Waals surface area contributed by atoms with Gasteiger partial charge in [-0.3, -0.25) is 4.57 Å². The fourth-order valence-electron chi connectivity index (χ4n) is 7.62. The van der Waals surface area contributed by atoms with Crippen molar-refractivity contribution in [2.24, 2.45) is 0 Å². The van der Waals surface area contributed by atoms with Crippen LogP contribution in [0.4, 0.5) is 0 Å². The summed E-state index contributed by atoms with van der Waals surface area (Å²) in [4.78, 5) is 5.32. The Morgan fingerprint density at radius 3 is 1.66 bits per heavy atom. The quantitative estimate of drug-likeness (QED) is 0.147. The van der Waals surface area contributed by atoms with E-state index < -0.39 is 0 Å². The highest BCUT2D eigenvalue weighted by atomic mass is 15.1. The Kier molecular flexibility index (Phi) is 5.61. The Hall–Kier alpha value is -6.25. The molecule has 2 heteroatoms. The zero-order chi connectivity index (χ0) is 30.9. The number of nitrogens with zero attached hydrogens (tertiary/aromatic N) is 2. The third-order valence-electron chi connectivity index (χ3n) is 9.72. The van der Waals surface area contributed by atoms with E-state index in [-0.39, 0.29) is 0 Å². The van der Waals surface area contributed by atoms with Crippen LogP contribution in [0, 0.1) is 0 Å². The monoisotopic (exact) mass is 596 g/mol. The minimum atomic E-state index is 0.952. The molecule has 0 aliphatic rings. The van der Waals surface area contributed by atoms with Crippen molar-refractivity contribution in [3.8, 4) is 28.2 Å². The Balaban J connectivity index is 1.27. The molecule has 0 radical (unpaired) electrons. The van der Waals surface area contributed by atoms with E-state index in [0.717, 1.165) is 28.1 Å². The van der Waals surface area contributed by atoms with Crippen LogP contribution in [0.3, 0.4) is 0 Å². The molecule has 0 atom stereocenters. The van der Waals surface area contributed by atoms with Gasteiger partial charge in [0.25, 0.3) is 0 Å². The fourth-order valence-corrected chi connectivity index (χ4v) is 7.62. The van der Waals surface area contributed by atoms with Gasteiger partial charge in [-0.2, -0.15) is 0 Å². The van der Waals surface area contributed by atoms with E-state index in [1.807, 2.05) is 0 Å². The van der Waals surface area contributed by atoms with E-state index in [1.165, 1.54) is 65.0 Å². The Labute approximate surface area is 271 Å². The van der Waals surface area contributed by atoms with E-state index in [9.17, 15) is 0 Å². The maximum absolute atomic E-state index is 5.32. The highest BCUT2D eigenvalue weighted by molar-refractivity contribution is 6.22. The predicted octanol–water partition coefficient (Wildman–Crippen LogP) is 12.1. The molecule has 218 valence electrons. The number of fused-ring (bicyclic) bond motifs is 7. The second-order valence-electron chi connectivity index (χ2n) is 12.4. The third-order valence-corrected chi connectivity index (χ3v) is 9.72. The number of imidazole rings is 1. The average molecular weight is 597 g/mol. The lowest BCUT2D eigenvalue weighted by atomic mass is 9.87. The van der Waals surface area contributed by atoms with E-state index in [2.05, 4.69) is 174 Å². The topological polar surface area (TPSA) is 17.8 Å². The number of aromatic nitrogens is 2. The first-order valence-corrected chi connectivity index (χ1v) is 16.1. The summed E-state index contributed by atoms with van der Waals surface area (Å²) in [6.07, 6.45) is 0. The van der Waals surface area contributed by atoms with Crippen LogP contribution in [-0.2, 0) is 0 Å². The first kappa shape index (κ1) is 26.0. The Morgan fingerprint density at radius 2 is 0.936 bits per heavy atom. The highest BCUT2D eigenvalue weighted by Gasteiger charge is 2.22. The summed E-state index contributed by atoms with van der Waals surface area (Å²) in [5.41, 5.74) is 6.80. The van der Waals surface area contributed by atoms with Gasteiger partial charge in [-0.15, -0.1) is 0 Å². The molecule has 0 saturated heterocycles. The van der Waals surface area contributed by atoms with Gasteiger partial charge in [0.1, 0.15) is 5.82 Å². The SMILES string of the molecule is c1ccc(-n2c(-c3c4ccccc4c(-c4ccc5c(ccc6cc7ccccc7cc65)c4)c4ccccc34)nc3ccccc32)cc1. The molecule has 10 aromatic rings.